The van der Waals surface area contributed by atoms with Gasteiger partial charge in [-0.05, 0) is 30.9 Å². The van der Waals surface area contributed by atoms with Crippen LogP contribution in [-0.2, 0) is 0 Å². The molecule has 18 heavy (non-hydrogen) atoms. The number of thiocarbonyl (C=S) groups is 1. The van der Waals surface area contributed by atoms with Crippen LogP contribution in [0.15, 0.2) is 18.2 Å². The van der Waals surface area contributed by atoms with Gasteiger partial charge in [-0.25, -0.2) is 4.98 Å². The third-order valence-corrected chi connectivity index (χ3v) is 4.01. The SMILES string of the molecule is CC1CCCC(N(C)c2cccc(C(N)=S)n2)C1. The van der Waals surface area contributed by atoms with Crippen LogP contribution in [0, 0.1) is 5.92 Å². The second-order valence-electron chi connectivity index (χ2n) is 5.28. The van der Waals surface area contributed by atoms with E-state index in [9.17, 15) is 0 Å². The number of rotatable bonds is 3. The van der Waals surface area contributed by atoms with Gasteiger partial charge in [-0.2, -0.15) is 0 Å². The molecule has 1 aromatic heterocycles. The maximum Gasteiger partial charge on any atom is 0.129 e. The van der Waals surface area contributed by atoms with Gasteiger partial charge in [-0.1, -0.05) is 38.0 Å². The fourth-order valence-electron chi connectivity index (χ4n) is 2.70. The number of nitrogens with zero attached hydrogens (tertiary/aromatic N) is 2. The van der Waals surface area contributed by atoms with Crippen molar-refractivity contribution < 1.29 is 0 Å². The molecule has 0 bridgehead atoms. The van der Waals surface area contributed by atoms with Crippen LogP contribution in [0.25, 0.3) is 0 Å². The van der Waals surface area contributed by atoms with Crippen molar-refractivity contribution in [2.75, 3.05) is 11.9 Å². The Balaban J connectivity index is 2.14. The van der Waals surface area contributed by atoms with Gasteiger partial charge in [-0.3, -0.25) is 0 Å². The summed E-state index contributed by atoms with van der Waals surface area (Å²) in [4.78, 5) is 7.17. The van der Waals surface area contributed by atoms with Crippen molar-refractivity contribution in [2.45, 2.75) is 38.6 Å². The minimum atomic E-state index is 0.363. The summed E-state index contributed by atoms with van der Waals surface area (Å²) in [6.45, 7) is 2.33. The van der Waals surface area contributed by atoms with E-state index in [2.05, 4.69) is 23.9 Å². The molecule has 1 aliphatic rings. The predicted octanol–water partition coefficient (Wildman–Crippen LogP) is 2.73. The van der Waals surface area contributed by atoms with Gasteiger partial charge in [0, 0.05) is 13.1 Å². The van der Waals surface area contributed by atoms with E-state index in [-0.39, 0.29) is 0 Å². The fourth-order valence-corrected chi connectivity index (χ4v) is 2.81. The molecule has 1 heterocycles. The summed E-state index contributed by atoms with van der Waals surface area (Å²) in [6, 6.07) is 6.45. The molecule has 98 valence electrons. The second kappa shape index (κ2) is 5.65. The maximum atomic E-state index is 5.63. The van der Waals surface area contributed by atoms with E-state index >= 15 is 0 Å². The zero-order chi connectivity index (χ0) is 13.1. The van der Waals surface area contributed by atoms with Crippen molar-refractivity contribution in [3.05, 3.63) is 23.9 Å². The summed E-state index contributed by atoms with van der Waals surface area (Å²) in [7, 11) is 2.12. The lowest BCUT2D eigenvalue weighted by atomic mass is 9.86. The largest absolute Gasteiger partial charge is 0.388 e. The highest BCUT2D eigenvalue weighted by Crippen LogP contribution is 2.28. The first-order chi connectivity index (χ1) is 8.58. The number of aromatic nitrogens is 1. The third kappa shape index (κ3) is 2.99. The van der Waals surface area contributed by atoms with Crippen LogP contribution in [0.4, 0.5) is 5.82 Å². The van der Waals surface area contributed by atoms with Gasteiger partial charge in [0.05, 0.1) is 5.69 Å². The average Bonchev–Trinajstić information content (AvgIpc) is 2.38. The standard InChI is InChI=1S/C14H21N3S/c1-10-5-3-6-11(9-10)17(2)13-8-4-7-12(16-13)14(15)18/h4,7-8,10-11H,3,5-6,9H2,1-2H3,(H2,15,18). The van der Waals surface area contributed by atoms with Crippen molar-refractivity contribution in [3.8, 4) is 0 Å². The average molecular weight is 263 g/mol. The molecule has 3 nitrogen and oxygen atoms in total. The number of nitrogens with two attached hydrogens (primary N) is 1. The number of hydrogen-bond donors (Lipinski definition) is 1. The smallest absolute Gasteiger partial charge is 0.129 e. The number of hydrogen-bond acceptors (Lipinski definition) is 3. The lowest BCUT2D eigenvalue weighted by Gasteiger charge is -2.35. The van der Waals surface area contributed by atoms with Gasteiger partial charge in [0.2, 0.25) is 0 Å². The summed E-state index contributed by atoms with van der Waals surface area (Å²) < 4.78 is 0. The Morgan fingerprint density at radius 1 is 1.44 bits per heavy atom. The Labute approximate surface area is 114 Å². The predicted molar refractivity (Wildman–Crippen MR) is 79.9 cm³/mol. The van der Waals surface area contributed by atoms with Gasteiger partial charge in [0.15, 0.2) is 0 Å². The van der Waals surface area contributed by atoms with Crippen molar-refractivity contribution in [2.24, 2.45) is 11.7 Å². The molecule has 2 N–H and O–H groups in total. The minimum absolute atomic E-state index is 0.363. The van der Waals surface area contributed by atoms with Crippen molar-refractivity contribution in [1.29, 1.82) is 0 Å². The summed E-state index contributed by atoms with van der Waals surface area (Å²) in [5.41, 5.74) is 6.34. The quantitative estimate of drug-likeness (QED) is 0.852. The van der Waals surface area contributed by atoms with Gasteiger partial charge >= 0.3 is 0 Å². The van der Waals surface area contributed by atoms with Crippen LogP contribution in [0.2, 0.25) is 0 Å². The molecule has 0 aliphatic heterocycles. The zero-order valence-electron chi connectivity index (χ0n) is 11.1. The summed E-state index contributed by atoms with van der Waals surface area (Å²) in [5, 5.41) is 0. The Kier molecular flexibility index (Phi) is 4.17. The Morgan fingerprint density at radius 3 is 2.89 bits per heavy atom. The van der Waals surface area contributed by atoms with Crippen LogP contribution in [0.3, 0.4) is 0 Å². The molecule has 1 aliphatic carbocycles. The molecule has 1 saturated carbocycles. The lowest BCUT2D eigenvalue weighted by Crippen LogP contribution is -2.36. The molecular weight excluding hydrogens is 242 g/mol. The highest BCUT2D eigenvalue weighted by atomic mass is 32.1. The first kappa shape index (κ1) is 13.3. The van der Waals surface area contributed by atoms with E-state index in [0.717, 1.165) is 11.7 Å². The molecule has 1 aromatic rings. The van der Waals surface area contributed by atoms with Gasteiger partial charge in [0.25, 0.3) is 0 Å². The van der Waals surface area contributed by atoms with Crippen LogP contribution in [0.5, 0.6) is 0 Å². The summed E-state index contributed by atoms with van der Waals surface area (Å²) in [5.74, 6) is 1.78. The molecule has 1 fully saturated rings. The number of anilines is 1. The highest BCUT2D eigenvalue weighted by molar-refractivity contribution is 7.80. The Bertz CT molecular complexity index is 433. The second-order valence-corrected chi connectivity index (χ2v) is 5.72. The van der Waals surface area contributed by atoms with E-state index in [0.29, 0.717) is 16.7 Å². The van der Waals surface area contributed by atoms with Crippen LogP contribution in [0.1, 0.15) is 38.3 Å². The molecule has 0 spiro atoms. The first-order valence-corrected chi connectivity index (χ1v) is 6.98. The van der Waals surface area contributed by atoms with Crippen LogP contribution < -0.4 is 10.6 Å². The van der Waals surface area contributed by atoms with E-state index in [1.165, 1.54) is 25.7 Å². The van der Waals surface area contributed by atoms with Crippen molar-refractivity contribution in [3.63, 3.8) is 0 Å². The Hall–Kier alpha value is -1.16. The van der Waals surface area contributed by atoms with E-state index in [4.69, 9.17) is 18.0 Å². The number of pyridine rings is 1. The molecule has 0 aromatic carbocycles. The topological polar surface area (TPSA) is 42.1 Å². The zero-order valence-corrected chi connectivity index (χ0v) is 11.9. The fraction of sp³-hybridized carbons (Fsp3) is 0.571. The molecule has 0 saturated heterocycles. The summed E-state index contributed by atoms with van der Waals surface area (Å²) >= 11 is 4.98. The molecule has 2 atom stereocenters. The van der Waals surface area contributed by atoms with E-state index in [1.54, 1.807) is 0 Å². The normalized spacial score (nSPS) is 23.7. The summed E-state index contributed by atoms with van der Waals surface area (Å²) in [6.07, 6.45) is 5.16. The first-order valence-electron chi connectivity index (χ1n) is 6.57. The highest BCUT2D eigenvalue weighted by Gasteiger charge is 2.23. The van der Waals surface area contributed by atoms with Gasteiger partial charge in [0.1, 0.15) is 10.8 Å². The Morgan fingerprint density at radius 2 is 2.22 bits per heavy atom. The van der Waals surface area contributed by atoms with E-state index < -0.39 is 0 Å². The van der Waals surface area contributed by atoms with E-state index in [1.807, 2.05) is 18.2 Å². The van der Waals surface area contributed by atoms with Crippen LogP contribution in [-0.4, -0.2) is 23.1 Å². The van der Waals surface area contributed by atoms with Gasteiger partial charge < -0.3 is 10.6 Å². The van der Waals surface area contributed by atoms with Crippen molar-refractivity contribution in [1.82, 2.24) is 4.98 Å². The van der Waals surface area contributed by atoms with Gasteiger partial charge in [-0.15, -0.1) is 0 Å². The maximum absolute atomic E-state index is 5.63. The monoisotopic (exact) mass is 263 g/mol. The third-order valence-electron chi connectivity index (χ3n) is 3.80. The molecule has 2 unspecified atom stereocenters. The minimum Gasteiger partial charge on any atom is -0.388 e. The molecular formula is C14H21N3S. The molecule has 4 heteroatoms. The van der Waals surface area contributed by atoms with Crippen LogP contribution >= 0.6 is 12.2 Å². The molecule has 0 radical (unpaired) electrons. The lowest BCUT2D eigenvalue weighted by molar-refractivity contribution is 0.335. The molecule has 0 amide bonds. The van der Waals surface area contributed by atoms with Crippen molar-refractivity contribution >= 4 is 23.0 Å². The molecule has 2 rings (SSSR count).